The Balaban J connectivity index is 1.70. The zero-order valence-corrected chi connectivity index (χ0v) is 14.9. The molecule has 2 unspecified atom stereocenters. The fraction of sp³-hybridized carbons (Fsp3) is 0.273. The summed E-state index contributed by atoms with van der Waals surface area (Å²) in [4.78, 5) is 0. The summed E-state index contributed by atoms with van der Waals surface area (Å²) in [6, 6.07) is 16.6. The van der Waals surface area contributed by atoms with E-state index in [4.69, 9.17) is 9.47 Å². The first-order valence-corrected chi connectivity index (χ1v) is 9.03. The van der Waals surface area contributed by atoms with Crippen molar-refractivity contribution >= 4 is 13.4 Å². The number of fused-ring (bicyclic) bond motifs is 3. The van der Waals surface area contributed by atoms with Crippen molar-refractivity contribution in [3.63, 3.8) is 0 Å². The lowest BCUT2D eigenvalue weighted by Crippen LogP contribution is -2.38. The molecule has 1 fully saturated rings. The highest BCUT2D eigenvalue weighted by Gasteiger charge is 2.39. The minimum atomic E-state index is 0.150. The molecule has 0 aromatic heterocycles. The van der Waals surface area contributed by atoms with Crippen LogP contribution in [0.4, 0.5) is 0 Å². The van der Waals surface area contributed by atoms with Gasteiger partial charge in [-0.2, -0.15) is 0 Å². The number of benzene rings is 2. The zero-order valence-electron chi connectivity index (χ0n) is 14.9. The van der Waals surface area contributed by atoms with E-state index in [9.17, 15) is 0 Å². The van der Waals surface area contributed by atoms with Crippen molar-refractivity contribution < 1.29 is 18.6 Å². The van der Waals surface area contributed by atoms with Gasteiger partial charge in [-0.25, -0.2) is 0 Å². The normalized spacial score (nSPS) is 22.6. The van der Waals surface area contributed by atoms with E-state index in [2.05, 4.69) is 35.7 Å². The van der Waals surface area contributed by atoms with Gasteiger partial charge in [0.25, 0.3) is 0 Å². The van der Waals surface area contributed by atoms with Crippen LogP contribution in [0.3, 0.4) is 0 Å². The Morgan fingerprint density at radius 3 is 1.73 bits per heavy atom. The van der Waals surface area contributed by atoms with Gasteiger partial charge >= 0.3 is 0 Å². The van der Waals surface area contributed by atoms with E-state index < -0.39 is 0 Å². The number of para-hydroxylation sites is 2. The maximum atomic E-state index is 5.89. The SMILES string of the molecule is C=[N+]1[CH-]c2ccccc2OCOc2ccccc2[CH-][N+](=C)C2CCCC21. The Morgan fingerprint density at radius 1 is 0.769 bits per heavy atom. The number of ether oxygens (including phenoxy) is 2. The maximum Gasteiger partial charge on any atom is 0.210 e. The second kappa shape index (κ2) is 7.16. The molecular formula is C22H24N2O2. The molecule has 1 aliphatic heterocycles. The molecule has 0 bridgehead atoms. The van der Waals surface area contributed by atoms with E-state index in [0.29, 0.717) is 12.1 Å². The topological polar surface area (TPSA) is 24.5 Å². The molecule has 2 aromatic carbocycles. The summed E-state index contributed by atoms with van der Waals surface area (Å²) in [6.45, 7) is 12.9. The first kappa shape index (κ1) is 16.6. The highest BCUT2D eigenvalue weighted by atomic mass is 16.7. The van der Waals surface area contributed by atoms with Crippen LogP contribution in [0.15, 0.2) is 48.5 Å². The van der Waals surface area contributed by atoms with E-state index in [0.717, 1.165) is 35.5 Å². The Hall–Kier alpha value is -2.88. The number of hydrogen-bond donors (Lipinski definition) is 0. The third-order valence-corrected chi connectivity index (χ3v) is 5.17. The van der Waals surface area contributed by atoms with Crippen molar-refractivity contribution in [3.05, 3.63) is 72.7 Å². The van der Waals surface area contributed by atoms with Gasteiger partial charge in [0.15, 0.2) is 0 Å². The molecule has 2 atom stereocenters. The monoisotopic (exact) mass is 348 g/mol. The van der Waals surface area contributed by atoms with E-state index in [1.807, 2.05) is 48.5 Å². The number of nitrogens with zero attached hydrogens (tertiary/aromatic N) is 2. The van der Waals surface area contributed by atoms with Crippen LogP contribution in [0.5, 0.6) is 11.5 Å². The molecule has 0 spiro atoms. The lowest BCUT2D eigenvalue weighted by Gasteiger charge is -2.21. The molecule has 26 heavy (non-hydrogen) atoms. The van der Waals surface area contributed by atoms with Crippen molar-refractivity contribution in [2.24, 2.45) is 0 Å². The van der Waals surface area contributed by atoms with Crippen LogP contribution in [0, 0.1) is 13.1 Å². The summed E-state index contributed by atoms with van der Waals surface area (Å²) in [7, 11) is 0. The second-order valence-corrected chi connectivity index (χ2v) is 6.83. The summed E-state index contributed by atoms with van der Waals surface area (Å²) in [5, 5.41) is 0. The third-order valence-electron chi connectivity index (χ3n) is 5.17. The third kappa shape index (κ3) is 3.27. The van der Waals surface area contributed by atoms with Crippen LogP contribution in [0.1, 0.15) is 30.4 Å². The van der Waals surface area contributed by atoms with Gasteiger partial charge in [0.1, 0.15) is 0 Å². The lowest BCUT2D eigenvalue weighted by molar-refractivity contribution is -0.604. The predicted molar refractivity (Wildman–Crippen MR) is 102 cm³/mol. The lowest BCUT2D eigenvalue weighted by atomic mass is 10.1. The Labute approximate surface area is 155 Å². The van der Waals surface area contributed by atoms with Crippen molar-refractivity contribution in [2.45, 2.75) is 31.3 Å². The Morgan fingerprint density at radius 2 is 1.23 bits per heavy atom. The van der Waals surface area contributed by atoms with Crippen LogP contribution >= 0.6 is 0 Å². The molecule has 4 rings (SSSR count). The quantitative estimate of drug-likeness (QED) is 0.538. The fourth-order valence-corrected chi connectivity index (χ4v) is 3.84. The first-order valence-electron chi connectivity index (χ1n) is 9.03. The minimum Gasteiger partial charge on any atom is -0.504 e. The summed E-state index contributed by atoms with van der Waals surface area (Å²) < 4.78 is 15.9. The van der Waals surface area contributed by atoms with Crippen molar-refractivity contribution in [2.75, 3.05) is 6.79 Å². The molecule has 2 aliphatic rings. The van der Waals surface area contributed by atoms with E-state index in [-0.39, 0.29) is 6.79 Å². The minimum absolute atomic E-state index is 0.150. The molecular weight excluding hydrogens is 324 g/mol. The van der Waals surface area contributed by atoms with E-state index in [1.54, 1.807) is 0 Å². The van der Waals surface area contributed by atoms with Crippen LogP contribution in [-0.4, -0.2) is 41.5 Å². The van der Waals surface area contributed by atoms with Gasteiger partial charge in [-0.05, 0) is 17.5 Å². The molecule has 134 valence electrons. The van der Waals surface area contributed by atoms with Crippen LogP contribution in [0.25, 0.3) is 0 Å². The molecule has 0 radical (unpaired) electrons. The summed E-state index contributed by atoms with van der Waals surface area (Å²) in [5.74, 6) is 1.59. The Bertz CT molecular complexity index is 763. The molecule has 4 heteroatoms. The van der Waals surface area contributed by atoms with Gasteiger partial charge in [-0.3, -0.25) is 9.15 Å². The van der Waals surface area contributed by atoms with Crippen LogP contribution in [0.2, 0.25) is 0 Å². The number of rotatable bonds is 0. The van der Waals surface area contributed by atoms with Crippen molar-refractivity contribution in [1.82, 2.24) is 0 Å². The van der Waals surface area contributed by atoms with Gasteiger partial charge in [0.05, 0.1) is 38.0 Å². The largest absolute Gasteiger partial charge is 0.504 e. The zero-order chi connectivity index (χ0) is 17.9. The molecule has 0 saturated heterocycles. The van der Waals surface area contributed by atoms with Gasteiger partial charge < -0.3 is 9.47 Å². The number of hydrogen-bond acceptors (Lipinski definition) is 2. The average molecular weight is 348 g/mol. The molecule has 1 heterocycles. The van der Waals surface area contributed by atoms with Gasteiger partial charge in [0, 0.05) is 12.8 Å². The Kier molecular flexibility index (Phi) is 4.57. The molecule has 2 aromatic rings. The van der Waals surface area contributed by atoms with Crippen LogP contribution in [-0.2, 0) is 0 Å². The van der Waals surface area contributed by atoms with Crippen LogP contribution < -0.4 is 9.47 Å². The van der Waals surface area contributed by atoms with Crippen molar-refractivity contribution in [3.8, 4) is 11.5 Å². The molecule has 1 aliphatic carbocycles. The highest BCUT2D eigenvalue weighted by molar-refractivity contribution is 5.39. The van der Waals surface area contributed by atoms with E-state index in [1.165, 1.54) is 6.42 Å². The summed E-state index contributed by atoms with van der Waals surface area (Å²) in [6.07, 6.45) is 3.38. The van der Waals surface area contributed by atoms with Gasteiger partial charge in [-0.1, -0.05) is 24.3 Å². The standard InChI is InChI=1S/C22H24N2O2/c1-23-14-17-8-3-5-12-21(17)25-16-26-22-13-6-4-9-18(22)15-24(2)20-11-7-10-19(20)23/h3-6,8-9,12-15,19-20H,1-2,7,10-11,16H2. The molecule has 0 amide bonds. The van der Waals surface area contributed by atoms with E-state index >= 15 is 0 Å². The maximum absolute atomic E-state index is 5.89. The van der Waals surface area contributed by atoms with Gasteiger partial charge in [-0.15, -0.1) is 24.3 Å². The van der Waals surface area contributed by atoms with Crippen molar-refractivity contribution in [1.29, 1.82) is 0 Å². The smallest absolute Gasteiger partial charge is 0.210 e. The summed E-state index contributed by atoms with van der Waals surface area (Å²) in [5.41, 5.74) is 2.01. The summed E-state index contributed by atoms with van der Waals surface area (Å²) >= 11 is 0. The average Bonchev–Trinajstić information content (AvgIpc) is 3.14. The second-order valence-electron chi connectivity index (χ2n) is 6.83. The van der Waals surface area contributed by atoms with Gasteiger partial charge in [0.2, 0.25) is 18.9 Å². The highest BCUT2D eigenvalue weighted by Crippen LogP contribution is 2.30. The predicted octanol–water partition coefficient (Wildman–Crippen LogP) is 3.48. The molecule has 1 saturated carbocycles. The first-order chi connectivity index (χ1) is 12.7. The molecule has 0 N–H and O–H groups in total. The fourth-order valence-electron chi connectivity index (χ4n) is 3.84. The molecule has 4 nitrogen and oxygen atoms in total.